The molecular formula is C12H17F3N2O3. The molecule has 114 valence electrons. The zero-order chi connectivity index (χ0) is 15.6. The second-order valence-electron chi connectivity index (χ2n) is 4.84. The van der Waals surface area contributed by atoms with Crippen molar-refractivity contribution in [1.29, 1.82) is 0 Å². The third-order valence-electron chi connectivity index (χ3n) is 3.42. The minimum absolute atomic E-state index is 0.0867. The van der Waals surface area contributed by atoms with Crippen LogP contribution in [0.15, 0.2) is 11.6 Å². The number of hydrogen-bond acceptors (Lipinski definition) is 2. The van der Waals surface area contributed by atoms with Crippen molar-refractivity contribution in [1.82, 2.24) is 10.2 Å². The number of alkyl halides is 3. The van der Waals surface area contributed by atoms with Gasteiger partial charge in [-0.25, -0.2) is 9.59 Å². The Balaban J connectivity index is 2.69. The number of nitrogens with zero attached hydrogens (tertiary/aromatic N) is 1. The first-order valence-corrected chi connectivity index (χ1v) is 6.17. The smallest absolute Gasteiger partial charge is 0.412 e. The molecular weight excluding hydrogens is 277 g/mol. The Morgan fingerprint density at radius 1 is 1.45 bits per heavy atom. The first-order chi connectivity index (χ1) is 9.10. The van der Waals surface area contributed by atoms with Gasteiger partial charge in [-0.2, -0.15) is 13.2 Å². The molecule has 0 bridgehead atoms. The molecule has 0 aromatic rings. The number of urea groups is 1. The summed E-state index contributed by atoms with van der Waals surface area (Å²) in [6, 6.07) is -0.672. The molecule has 0 aromatic heterocycles. The fourth-order valence-corrected chi connectivity index (χ4v) is 1.72. The van der Waals surface area contributed by atoms with Gasteiger partial charge in [-0.05, 0) is 19.8 Å². The van der Waals surface area contributed by atoms with E-state index in [1.807, 2.05) is 0 Å². The van der Waals surface area contributed by atoms with Gasteiger partial charge in [0.15, 0.2) is 0 Å². The predicted molar refractivity (Wildman–Crippen MR) is 65.2 cm³/mol. The third-order valence-corrected chi connectivity index (χ3v) is 3.42. The Morgan fingerprint density at radius 2 is 2.05 bits per heavy atom. The molecule has 0 aliphatic carbocycles. The van der Waals surface area contributed by atoms with E-state index in [4.69, 9.17) is 5.11 Å². The zero-order valence-electron chi connectivity index (χ0n) is 11.3. The Kier molecular flexibility index (Phi) is 4.67. The average molecular weight is 294 g/mol. The Morgan fingerprint density at radius 3 is 2.40 bits per heavy atom. The maximum absolute atomic E-state index is 12.4. The average Bonchev–Trinajstić information content (AvgIpc) is 2.37. The van der Waals surface area contributed by atoms with E-state index >= 15 is 0 Å². The van der Waals surface area contributed by atoms with E-state index in [9.17, 15) is 22.8 Å². The van der Waals surface area contributed by atoms with Gasteiger partial charge in [0.2, 0.25) is 0 Å². The van der Waals surface area contributed by atoms with E-state index in [-0.39, 0.29) is 25.9 Å². The van der Waals surface area contributed by atoms with Crippen LogP contribution in [0.3, 0.4) is 0 Å². The van der Waals surface area contributed by atoms with E-state index in [0.717, 1.165) is 11.0 Å². The van der Waals surface area contributed by atoms with Crippen LogP contribution >= 0.6 is 0 Å². The van der Waals surface area contributed by atoms with Crippen LogP contribution in [-0.2, 0) is 4.79 Å². The summed E-state index contributed by atoms with van der Waals surface area (Å²) in [6.45, 7) is 2.69. The predicted octanol–water partition coefficient (Wildman–Crippen LogP) is 2.14. The quantitative estimate of drug-likeness (QED) is 0.784. The van der Waals surface area contributed by atoms with Crippen LogP contribution in [0.1, 0.15) is 26.7 Å². The number of rotatable bonds is 3. The van der Waals surface area contributed by atoms with Crippen LogP contribution in [0.2, 0.25) is 0 Å². The monoisotopic (exact) mass is 294 g/mol. The summed E-state index contributed by atoms with van der Waals surface area (Å²) >= 11 is 0. The SMILES string of the molecule is CCC(C)(NC(=O)N1CC=C(C(F)(F)F)CC1)C(=O)O. The van der Waals surface area contributed by atoms with E-state index < -0.39 is 29.3 Å². The highest BCUT2D eigenvalue weighted by molar-refractivity contribution is 5.86. The molecule has 1 aliphatic rings. The molecule has 0 radical (unpaired) electrons. The summed E-state index contributed by atoms with van der Waals surface area (Å²) in [6.07, 6.45) is -3.53. The Bertz CT molecular complexity index is 434. The van der Waals surface area contributed by atoms with Gasteiger partial charge < -0.3 is 15.3 Å². The normalized spacial score (nSPS) is 19.1. The summed E-state index contributed by atoms with van der Waals surface area (Å²) < 4.78 is 37.3. The lowest BCUT2D eigenvalue weighted by Gasteiger charge is -2.32. The number of carbonyl (C=O) groups is 2. The van der Waals surface area contributed by atoms with E-state index in [0.29, 0.717) is 0 Å². The maximum Gasteiger partial charge on any atom is 0.412 e. The minimum atomic E-state index is -4.37. The van der Waals surface area contributed by atoms with Crippen LogP contribution in [0.4, 0.5) is 18.0 Å². The molecule has 8 heteroatoms. The van der Waals surface area contributed by atoms with Crippen LogP contribution in [0, 0.1) is 0 Å². The second-order valence-corrected chi connectivity index (χ2v) is 4.84. The zero-order valence-corrected chi connectivity index (χ0v) is 11.3. The highest BCUT2D eigenvalue weighted by atomic mass is 19.4. The number of aliphatic carboxylic acids is 1. The van der Waals surface area contributed by atoms with Crippen LogP contribution in [0.5, 0.6) is 0 Å². The van der Waals surface area contributed by atoms with Gasteiger partial charge in [-0.15, -0.1) is 0 Å². The second kappa shape index (κ2) is 5.72. The molecule has 2 amide bonds. The lowest BCUT2D eigenvalue weighted by Crippen LogP contribution is -2.56. The molecule has 1 heterocycles. The van der Waals surface area contributed by atoms with Crippen molar-refractivity contribution in [2.75, 3.05) is 13.1 Å². The fraction of sp³-hybridized carbons (Fsp3) is 0.667. The number of nitrogens with one attached hydrogen (secondary N) is 1. The van der Waals surface area contributed by atoms with Crippen molar-refractivity contribution in [3.63, 3.8) is 0 Å². The molecule has 0 fully saturated rings. The highest BCUT2D eigenvalue weighted by Gasteiger charge is 2.37. The molecule has 0 spiro atoms. The number of halogens is 3. The number of carbonyl (C=O) groups excluding carboxylic acids is 1. The number of amides is 2. The summed E-state index contributed by atoms with van der Waals surface area (Å²) in [5.74, 6) is -1.18. The molecule has 2 N–H and O–H groups in total. The molecule has 1 unspecified atom stereocenters. The van der Waals surface area contributed by atoms with Crippen molar-refractivity contribution in [2.24, 2.45) is 0 Å². The Hall–Kier alpha value is -1.73. The van der Waals surface area contributed by atoms with Crippen LogP contribution in [0.25, 0.3) is 0 Å². The molecule has 1 rings (SSSR count). The van der Waals surface area contributed by atoms with Crippen molar-refractivity contribution < 1.29 is 27.9 Å². The van der Waals surface area contributed by atoms with Gasteiger partial charge in [-0.1, -0.05) is 13.0 Å². The molecule has 20 heavy (non-hydrogen) atoms. The first-order valence-electron chi connectivity index (χ1n) is 6.17. The topological polar surface area (TPSA) is 69.6 Å². The maximum atomic E-state index is 12.4. The first kappa shape index (κ1) is 16.3. The van der Waals surface area contributed by atoms with Crippen LogP contribution in [-0.4, -0.2) is 46.8 Å². The van der Waals surface area contributed by atoms with Gasteiger partial charge in [0, 0.05) is 18.7 Å². The minimum Gasteiger partial charge on any atom is -0.480 e. The molecule has 0 aromatic carbocycles. The summed E-state index contributed by atoms with van der Waals surface area (Å²) in [5.41, 5.74) is -2.08. The van der Waals surface area contributed by atoms with E-state index in [1.54, 1.807) is 6.92 Å². The third kappa shape index (κ3) is 3.64. The van der Waals surface area contributed by atoms with Gasteiger partial charge in [0.25, 0.3) is 0 Å². The van der Waals surface area contributed by atoms with Crippen molar-refractivity contribution in [2.45, 2.75) is 38.4 Å². The van der Waals surface area contributed by atoms with Crippen molar-refractivity contribution >= 4 is 12.0 Å². The van der Waals surface area contributed by atoms with Gasteiger partial charge >= 0.3 is 18.2 Å². The number of carboxylic acids is 1. The van der Waals surface area contributed by atoms with Crippen molar-refractivity contribution in [3.8, 4) is 0 Å². The molecule has 1 aliphatic heterocycles. The highest BCUT2D eigenvalue weighted by Crippen LogP contribution is 2.30. The molecule has 0 saturated carbocycles. The van der Waals surface area contributed by atoms with Gasteiger partial charge in [0.1, 0.15) is 5.54 Å². The molecule has 1 atom stereocenters. The summed E-state index contributed by atoms with van der Waals surface area (Å²) in [7, 11) is 0. The van der Waals surface area contributed by atoms with E-state index in [1.165, 1.54) is 6.92 Å². The summed E-state index contributed by atoms with van der Waals surface area (Å²) in [4.78, 5) is 24.1. The van der Waals surface area contributed by atoms with Gasteiger partial charge in [0.05, 0.1) is 0 Å². The number of hydrogen-bond donors (Lipinski definition) is 2. The standard InChI is InChI=1S/C12H17F3N2O3/c1-3-11(2,9(18)19)16-10(20)17-6-4-8(5-7-17)12(13,14)15/h4H,3,5-7H2,1-2H3,(H,16,20)(H,18,19). The number of carboxylic acid groups (broad SMARTS) is 1. The molecule has 5 nitrogen and oxygen atoms in total. The molecule has 0 saturated heterocycles. The largest absolute Gasteiger partial charge is 0.480 e. The van der Waals surface area contributed by atoms with Crippen molar-refractivity contribution in [3.05, 3.63) is 11.6 Å². The Labute approximate surface area is 114 Å². The lowest BCUT2D eigenvalue weighted by atomic mass is 9.99. The van der Waals surface area contributed by atoms with E-state index in [2.05, 4.69) is 5.32 Å². The van der Waals surface area contributed by atoms with Gasteiger partial charge in [-0.3, -0.25) is 0 Å². The van der Waals surface area contributed by atoms with Crippen LogP contribution < -0.4 is 5.32 Å². The fourth-order valence-electron chi connectivity index (χ4n) is 1.72. The summed E-state index contributed by atoms with van der Waals surface area (Å²) in [5, 5.41) is 11.4. The lowest BCUT2D eigenvalue weighted by molar-refractivity contribution is -0.143.